The topological polar surface area (TPSA) is 39.6 Å². The molecule has 0 saturated carbocycles. The van der Waals surface area contributed by atoms with Crippen molar-refractivity contribution < 1.29 is 5.11 Å². The van der Waals surface area contributed by atoms with Crippen molar-refractivity contribution in [2.75, 3.05) is 50.5 Å². The fourth-order valence-corrected chi connectivity index (χ4v) is 2.41. The number of hydrogen-bond acceptors (Lipinski definition) is 5. The summed E-state index contributed by atoms with van der Waals surface area (Å²) in [7, 11) is 0. The van der Waals surface area contributed by atoms with E-state index in [1.54, 1.807) is 11.8 Å². The number of nitrogens with zero attached hydrogens (tertiary/aromatic N) is 3. The zero-order chi connectivity index (χ0) is 12.1. The van der Waals surface area contributed by atoms with Crippen molar-refractivity contribution in [2.24, 2.45) is 0 Å². The zero-order valence-electron chi connectivity index (χ0n) is 10.2. The minimum absolute atomic E-state index is 0.254. The second-order valence-corrected chi connectivity index (χ2v) is 4.94. The van der Waals surface area contributed by atoms with Gasteiger partial charge in [-0.15, -0.1) is 11.8 Å². The molecule has 0 amide bonds. The van der Waals surface area contributed by atoms with Gasteiger partial charge in [-0.2, -0.15) is 0 Å². The highest BCUT2D eigenvalue weighted by molar-refractivity contribution is 7.98. The third-order valence-corrected chi connectivity index (χ3v) is 3.74. The van der Waals surface area contributed by atoms with Crippen molar-refractivity contribution in [1.29, 1.82) is 0 Å². The summed E-state index contributed by atoms with van der Waals surface area (Å²) in [6.07, 6.45) is 3.99. The molecule has 17 heavy (non-hydrogen) atoms. The maximum atomic E-state index is 8.89. The van der Waals surface area contributed by atoms with Gasteiger partial charge in [0.05, 0.1) is 23.5 Å². The van der Waals surface area contributed by atoms with Gasteiger partial charge < -0.3 is 10.0 Å². The molecule has 1 N–H and O–H groups in total. The molecule has 1 aromatic rings. The molecule has 0 spiro atoms. The Balaban J connectivity index is 1.91. The average molecular weight is 253 g/mol. The summed E-state index contributed by atoms with van der Waals surface area (Å²) in [5.41, 5.74) is 1.20. The fraction of sp³-hybridized carbons (Fsp3) is 0.583. The van der Waals surface area contributed by atoms with E-state index in [2.05, 4.69) is 26.9 Å². The van der Waals surface area contributed by atoms with Crippen LogP contribution in [0, 0.1) is 0 Å². The van der Waals surface area contributed by atoms with E-state index in [1.807, 2.05) is 12.5 Å². The Hall–Kier alpha value is -0.780. The molecule has 5 heteroatoms. The van der Waals surface area contributed by atoms with Gasteiger partial charge in [0.25, 0.3) is 0 Å². The normalized spacial score (nSPS) is 17.4. The molecule has 1 saturated heterocycles. The highest BCUT2D eigenvalue weighted by Crippen LogP contribution is 2.18. The first kappa shape index (κ1) is 12.7. The second kappa shape index (κ2) is 6.23. The molecule has 0 unspecified atom stereocenters. The first-order chi connectivity index (χ1) is 8.33. The largest absolute Gasteiger partial charge is 0.395 e. The van der Waals surface area contributed by atoms with Crippen LogP contribution in [0.15, 0.2) is 23.4 Å². The number of β-amino-alcohol motifs (C(OH)–C–C–N with tert-alkyl or cyclic N) is 1. The van der Waals surface area contributed by atoms with E-state index in [9.17, 15) is 0 Å². The van der Waals surface area contributed by atoms with Gasteiger partial charge in [-0.3, -0.25) is 4.90 Å². The second-order valence-electron chi connectivity index (χ2n) is 4.11. The highest BCUT2D eigenvalue weighted by Gasteiger charge is 2.16. The van der Waals surface area contributed by atoms with Gasteiger partial charge in [-0.25, -0.2) is 4.98 Å². The lowest BCUT2D eigenvalue weighted by molar-refractivity contribution is 0.189. The molecule has 1 aromatic heterocycles. The van der Waals surface area contributed by atoms with Crippen molar-refractivity contribution in [3.8, 4) is 0 Å². The number of pyridine rings is 1. The van der Waals surface area contributed by atoms with Crippen LogP contribution in [0.5, 0.6) is 0 Å². The van der Waals surface area contributed by atoms with E-state index < -0.39 is 0 Å². The van der Waals surface area contributed by atoms with Crippen molar-refractivity contribution in [3.63, 3.8) is 0 Å². The summed E-state index contributed by atoms with van der Waals surface area (Å²) >= 11 is 1.67. The third kappa shape index (κ3) is 3.34. The third-order valence-electron chi connectivity index (χ3n) is 3.08. The Morgan fingerprint density at radius 3 is 2.59 bits per heavy atom. The SMILES string of the molecule is CSc1ccc(N2CCN(CCO)CC2)cn1. The van der Waals surface area contributed by atoms with Gasteiger partial charge in [0.2, 0.25) is 0 Å². The summed E-state index contributed by atoms with van der Waals surface area (Å²) in [5, 5.41) is 9.95. The minimum atomic E-state index is 0.254. The first-order valence-electron chi connectivity index (χ1n) is 5.91. The average Bonchev–Trinajstić information content (AvgIpc) is 2.40. The molecule has 0 bridgehead atoms. The number of hydrogen-bond donors (Lipinski definition) is 1. The van der Waals surface area contributed by atoms with Crippen LogP contribution in [-0.2, 0) is 0 Å². The molecular weight excluding hydrogens is 234 g/mol. The monoisotopic (exact) mass is 253 g/mol. The van der Waals surface area contributed by atoms with E-state index in [0.29, 0.717) is 0 Å². The van der Waals surface area contributed by atoms with Crippen LogP contribution >= 0.6 is 11.8 Å². The molecule has 1 aliphatic rings. The fourth-order valence-electron chi connectivity index (χ4n) is 2.05. The Morgan fingerprint density at radius 1 is 1.29 bits per heavy atom. The summed E-state index contributed by atoms with van der Waals surface area (Å²) in [4.78, 5) is 9.04. The maximum absolute atomic E-state index is 8.89. The number of rotatable bonds is 4. The van der Waals surface area contributed by atoms with Gasteiger partial charge in [-0.05, 0) is 18.4 Å². The summed E-state index contributed by atoms with van der Waals surface area (Å²) < 4.78 is 0. The molecule has 4 nitrogen and oxygen atoms in total. The molecule has 2 rings (SSSR count). The first-order valence-corrected chi connectivity index (χ1v) is 7.14. The lowest BCUT2D eigenvalue weighted by Gasteiger charge is -2.35. The van der Waals surface area contributed by atoms with E-state index >= 15 is 0 Å². The van der Waals surface area contributed by atoms with Crippen molar-refractivity contribution >= 4 is 17.4 Å². The van der Waals surface area contributed by atoms with E-state index in [4.69, 9.17) is 5.11 Å². The smallest absolute Gasteiger partial charge is 0.0958 e. The van der Waals surface area contributed by atoms with Gasteiger partial charge in [0, 0.05) is 32.7 Å². The van der Waals surface area contributed by atoms with Crippen molar-refractivity contribution in [1.82, 2.24) is 9.88 Å². The highest BCUT2D eigenvalue weighted by atomic mass is 32.2. The Bertz CT molecular complexity index is 336. The maximum Gasteiger partial charge on any atom is 0.0958 e. The molecule has 0 aliphatic carbocycles. The predicted molar refractivity (Wildman–Crippen MR) is 71.8 cm³/mol. The molecule has 0 aromatic carbocycles. The van der Waals surface area contributed by atoms with Crippen LogP contribution in [-0.4, -0.2) is 60.6 Å². The lowest BCUT2D eigenvalue weighted by atomic mass is 10.3. The molecule has 1 fully saturated rings. The van der Waals surface area contributed by atoms with Crippen molar-refractivity contribution in [3.05, 3.63) is 18.3 Å². The Kier molecular flexibility index (Phi) is 4.65. The number of anilines is 1. The number of aromatic nitrogens is 1. The Morgan fingerprint density at radius 2 is 2.06 bits per heavy atom. The van der Waals surface area contributed by atoms with Gasteiger partial charge in [0.1, 0.15) is 0 Å². The lowest BCUT2D eigenvalue weighted by Crippen LogP contribution is -2.47. The van der Waals surface area contributed by atoms with Gasteiger partial charge in [-0.1, -0.05) is 0 Å². The number of piperazine rings is 1. The van der Waals surface area contributed by atoms with E-state index in [1.165, 1.54) is 5.69 Å². The van der Waals surface area contributed by atoms with Gasteiger partial charge in [0.15, 0.2) is 0 Å². The molecular formula is C12H19N3OS. The van der Waals surface area contributed by atoms with Crippen LogP contribution in [0.3, 0.4) is 0 Å². The molecule has 0 radical (unpaired) electrons. The van der Waals surface area contributed by atoms with Crippen LogP contribution in [0.1, 0.15) is 0 Å². The standard InChI is InChI=1S/C12H19N3OS/c1-17-12-3-2-11(10-13-12)15-6-4-14(5-7-15)8-9-16/h2-3,10,16H,4-9H2,1H3. The van der Waals surface area contributed by atoms with E-state index in [-0.39, 0.29) is 6.61 Å². The Labute approximate surface area is 107 Å². The number of thioether (sulfide) groups is 1. The molecule has 2 heterocycles. The van der Waals surface area contributed by atoms with E-state index in [0.717, 1.165) is 37.7 Å². The molecule has 0 atom stereocenters. The summed E-state index contributed by atoms with van der Waals surface area (Å²) in [5.74, 6) is 0. The van der Waals surface area contributed by atoms with Crippen LogP contribution in [0.4, 0.5) is 5.69 Å². The van der Waals surface area contributed by atoms with Crippen LogP contribution in [0.25, 0.3) is 0 Å². The minimum Gasteiger partial charge on any atom is -0.395 e. The summed E-state index contributed by atoms with van der Waals surface area (Å²) in [6, 6.07) is 4.21. The number of aliphatic hydroxyl groups is 1. The van der Waals surface area contributed by atoms with Crippen molar-refractivity contribution in [2.45, 2.75) is 5.03 Å². The van der Waals surface area contributed by atoms with Crippen LogP contribution in [0.2, 0.25) is 0 Å². The molecule has 94 valence electrons. The molecule has 1 aliphatic heterocycles. The van der Waals surface area contributed by atoms with Gasteiger partial charge >= 0.3 is 0 Å². The predicted octanol–water partition coefficient (Wildman–Crippen LogP) is 0.918. The summed E-state index contributed by atoms with van der Waals surface area (Å²) in [6.45, 7) is 5.11. The quantitative estimate of drug-likeness (QED) is 0.808. The zero-order valence-corrected chi connectivity index (χ0v) is 11.0. The number of aliphatic hydroxyl groups excluding tert-OH is 1. The van der Waals surface area contributed by atoms with Crippen LogP contribution < -0.4 is 4.90 Å².